The molecule has 0 radical (unpaired) electrons. The van der Waals surface area contributed by atoms with Gasteiger partial charge in [0.05, 0.1) is 17.8 Å². The second-order valence-electron chi connectivity index (χ2n) is 12.5. The number of aromatic amines is 1. The van der Waals surface area contributed by atoms with Crippen molar-refractivity contribution < 1.29 is 24.5 Å². The number of nitrogens with one attached hydrogen (secondary N) is 1. The molecule has 6 rings (SSSR count). The van der Waals surface area contributed by atoms with Crippen LogP contribution in [-0.2, 0) is 26.1 Å². The Bertz CT molecular complexity index is 1260. The molecule has 4 aliphatic rings. The highest BCUT2D eigenvalue weighted by molar-refractivity contribution is 5.96. The zero-order valence-electron chi connectivity index (χ0n) is 22.1. The van der Waals surface area contributed by atoms with Crippen molar-refractivity contribution in [3.8, 4) is 0 Å². The Balaban J connectivity index is 1.53. The molecule has 0 unspecified atom stereocenters. The van der Waals surface area contributed by atoms with E-state index in [4.69, 9.17) is 9.47 Å². The number of aromatic nitrogens is 1. The molecule has 3 aliphatic carbocycles. The highest BCUT2D eigenvalue weighted by atomic mass is 16.5. The molecule has 0 amide bonds. The molecule has 2 heterocycles. The van der Waals surface area contributed by atoms with E-state index in [0.29, 0.717) is 30.9 Å². The Labute approximate surface area is 213 Å². The topological polar surface area (TPSA) is 91.8 Å². The number of hydrogen-bond acceptors (Lipinski definition) is 5. The first-order valence-electron chi connectivity index (χ1n) is 13.5. The summed E-state index contributed by atoms with van der Waals surface area (Å²) in [6, 6.07) is 8.46. The standard InChI is InChI=1S/C30H39NO5/c1-6-13-35-24-15-17-14-19-18-9-7-8-10-21(18)31-25(19)29(17,5)28(4)12-11-23-20(30(24,28)34)16-22(32)26(36-23)27(2,3)33/h7-10,16-17,23-24,26,31,33-34H,6,11-15H2,1-5H3/t17-,23+,24+,26+,28-,29-,30+/m1/s1. The molecular weight excluding hydrogens is 454 g/mol. The van der Waals surface area contributed by atoms with E-state index >= 15 is 0 Å². The lowest BCUT2D eigenvalue weighted by molar-refractivity contribution is -0.244. The Morgan fingerprint density at radius 2 is 2.00 bits per heavy atom. The van der Waals surface area contributed by atoms with Crippen molar-refractivity contribution in [2.24, 2.45) is 11.3 Å². The SMILES string of the molecule is CCCO[C@H]1C[C@H]2Cc3c([nH]c4ccccc34)[C@]2(C)[C@@]2(C)CC[C@@H]3O[C@H](C(C)(C)O)C(=O)C=C3[C@]12O. The van der Waals surface area contributed by atoms with Crippen molar-refractivity contribution in [2.75, 3.05) is 6.61 Å². The van der Waals surface area contributed by atoms with E-state index in [1.54, 1.807) is 19.9 Å². The van der Waals surface area contributed by atoms with E-state index in [1.165, 1.54) is 16.6 Å². The maximum absolute atomic E-state index is 13.2. The van der Waals surface area contributed by atoms with Crippen LogP contribution < -0.4 is 0 Å². The van der Waals surface area contributed by atoms with Gasteiger partial charge < -0.3 is 24.7 Å². The molecule has 3 N–H and O–H groups in total. The van der Waals surface area contributed by atoms with Gasteiger partial charge in [0.1, 0.15) is 11.7 Å². The number of ether oxygens (including phenoxy) is 2. The minimum atomic E-state index is -1.37. The summed E-state index contributed by atoms with van der Waals surface area (Å²) in [6.45, 7) is 10.3. The van der Waals surface area contributed by atoms with Crippen LogP contribution >= 0.6 is 0 Å². The summed E-state index contributed by atoms with van der Waals surface area (Å²) in [5, 5.41) is 24.8. The maximum Gasteiger partial charge on any atom is 0.187 e. The molecule has 1 aromatic heterocycles. The Hall–Kier alpha value is -1.99. The maximum atomic E-state index is 13.2. The lowest BCUT2D eigenvalue weighted by Gasteiger charge is -2.66. The summed E-state index contributed by atoms with van der Waals surface area (Å²) in [6.07, 6.45) is 3.73. The van der Waals surface area contributed by atoms with Crippen LogP contribution in [0.1, 0.15) is 71.6 Å². The van der Waals surface area contributed by atoms with Gasteiger partial charge in [-0.15, -0.1) is 0 Å². The number of ketones is 1. The van der Waals surface area contributed by atoms with Crippen LogP contribution in [0, 0.1) is 11.3 Å². The van der Waals surface area contributed by atoms with Crippen molar-refractivity contribution >= 4 is 16.7 Å². The number of carbonyl (C=O) groups is 1. The van der Waals surface area contributed by atoms with Crippen molar-refractivity contribution in [3.63, 3.8) is 0 Å². The number of H-pyrrole nitrogens is 1. The monoisotopic (exact) mass is 493 g/mol. The quantitative estimate of drug-likeness (QED) is 0.589. The van der Waals surface area contributed by atoms with E-state index in [0.717, 1.165) is 24.8 Å². The van der Waals surface area contributed by atoms with Crippen LogP contribution in [0.3, 0.4) is 0 Å². The summed E-state index contributed by atoms with van der Waals surface area (Å²) in [7, 11) is 0. The molecule has 0 spiro atoms. The second kappa shape index (κ2) is 7.76. The van der Waals surface area contributed by atoms with Crippen LogP contribution in [-0.4, -0.2) is 57.1 Å². The van der Waals surface area contributed by atoms with E-state index in [-0.39, 0.29) is 11.2 Å². The van der Waals surface area contributed by atoms with E-state index in [9.17, 15) is 15.0 Å². The number of benzene rings is 1. The molecule has 6 nitrogen and oxygen atoms in total. The normalized spacial score (nSPS) is 39.9. The van der Waals surface area contributed by atoms with E-state index in [1.807, 2.05) is 0 Å². The summed E-state index contributed by atoms with van der Waals surface area (Å²) >= 11 is 0. The largest absolute Gasteiger partial charge is 0.387 e. The van der Waals surface area contributed by atoms with E-state index < -0.39 is 34.9 Å². The summed E-state index contributed by atoms with van der Waals surface area (Å²) in [5.74, 6) is 0.0302. The Kier molecular flexibility index (Phi) is 5.25. The highest BCUT2D eigenvalue weighted by Gasteiger charge is 2.73. The predicted molar refractivity (Wildman–Crippen MR) is 138 cm³/mol. The average Bonchev–Trinajstić information content (AvgIpc) is 3.33. The minimum Gasteiger partial charge on any atom is -0.387 e. The van der Waals surface area contributed by atoms with Gasteiger partial charge in [-0.2, -0.15) is 0 Å². The van der Waals surface area contributed by atoms with Crippen LogP contribution in [0.2, 0.25) is 0 Å². The van der Waals surface area contributed by atoms with Gasteiger partial charge in [-0.1, -0.05) is 39.0 Å². The van der Waals surface area contributed by atoms with Gasteiger partial charge in [-0.3, -0.25) is 4.79 Å². The first-order valence-corrected chi connectivity index (χ1v) is 13.5. The zero-order valence-corrected chi connectivity index (χ0v) is 22.1. The highest BCUT2D eigenvalue weighted by Crippen LogP contribution is 2.69. The van der Waals surface area contributed by atoms with Gasteiger partial charge in [-0.05, 0) is 75.1 Å². The van der Waals surface area contributed by atoms with Crippen LogP contribution in [0.5, 0.6) is 0 Å². The smallest absolute Gasteiger partial charge is 0.187 e. The number of hydrogen-bond donors (Lipinski definition) is 3. The third-order valence-electron chi connectivity index (χ3n) is 10.3. The number of rotatable bonds is 4. The molecule has 2 saturated carbocycles. The third-order valence-corrected chi connectivity index (χ3v) is 10.3. The van der Waals surface area contributed by atoms with E-state index in [2.05, 4.69) is 50.0 Å². The molecule has 1 aromatic carbocycles. The van der Waals surface area contributed by atoms with Gasteiger partial charge in [0, 0.05) is 34.0 Å². The van der Waals surface area contributed by atoms with Crippen molar-refractivity contribution in [3.05, 3.63) is 47.2 Å². The molecule has 1 aliphatic heterocycles. The molecule has 36 heavy (non-hydrogen) atoms. The minimum absolute atomic E-state index is 0.286. The number of para-hydroxylation sites is 1. The molecule has 194 valence electrons. The Morgan fingerprint density at radius 3 is 2.72 bits per heavy atom. The van der Waals surface area contributed by atoms with Crippen LogP contribution in [0.4, 0.5) is 0 Å². The zero-order chi connectivity index (χ0) is 25.7. The van der Waals surface area contributed by atoms with Crippen LogP contribution in [0.15, 0.2) is 35.9 Å². The van der Waals surface area contributed by atoms with Gasteiger partial charge in [0.2, 0.25) is 0 Å². The molecule has 6 heteroatoms. The number of aliphatic hydroxyl groups is 2. The number of carbonyl (C=O) groups excluding carboxylic acids is 1. The van der Waals surface area contributed by atoms with Crippen molar-refractivity contribution in [2.45, 2.75) is 102 Å². The van der Waals surface area contributed by atoms with Crippen molar-refractivity contribution in [1.82, 2.24) is 4.98 Å². The fraction of sp³-hybridized carbons (Fsp3) is 0.633. The fourth-order valence-corrected chi connectivity index (χ4v) is 8.28. The van der Waals surface area contributed by atoms with Crippen LogP contribution in [0.25, 0.3) is 10.9 Å². The fourth-order valence-electron chi connectivity index (χ4n) is 8.28. The first kappa shape index (κ1) is 24.4. The van der Waals surface area contributed by atoms with Gasteiger partial charge in [-0.25, -0.2) is 0 Å². The summed E-state index contributed by atoms with van der Waals surface area (Å²) in [5.41, 5.74) is 0.769. The third kappa shape index (κ3) is 2.90. The Morgan fingerprint density at radius 1 is 1.25 bits per heavy atom. The molecule has 2 fully saturated rings. The molecule has 2 aromatic rings. The van der Waals surface area contributed by atoms with Crippen molar-refractivity contribution in [1.29, 1.82) is 0 Å². The van der Waals surface area contributed by atoms with Gasteiger partial charge in [0.15, 0.2) is 5.78 Å². The second-order valence-corrected chi connectivity index (χ2v) is 12.5. The molecule has 0 bridgehead atoms. The molecular formula is C30H39NO5. The van der Waals surface area contributed by atoms with Gasteiger partial charge in [0.25, 0.3) is 0 Å². The lowest BCUT2D eigenvalue weighted by atomic mass is 9.41. The molecule has 7 atom stereocenters. The van der Waals surface area contributed by atoms with Gasteiger partial charge >= 0.3 is 0 Å². The average molecular weight is 494 g/mol. The molecule has 0 saturated heterocycles. The lowest BCUT2D eigenvalue weighted by Crippen LogP contribution is -2.73. The summed E-state index contributed by atoms with van der Waals surface area (Å²) < 4.78 is 12.7. The number of fused-ring (bicyclic) bond motifs is 9. The predicted octanol–water partition coefficient (Wildman–Crippen LogP) is 4.36. The summed E-state index contributed by atoms with van der Waals surface area (Å²) in [4.78, 5) is 17.0. The first-order chi connectivity index (χ1) is 17.0.